The zero-order chi connectivity index (χ0) is 12.5. The number of nitrogens with one attached hydrogen (secondary N) is 1. The molecule has 1 N–H and O–H groups in total. The second-order valence-electron chi connectivity index (χ2n) is 7.17. The van der Waals surface area contributed by atoms with Crippen LogP contribution in [0.4, 0.5) is 0 Å². The lowest BCUT2D eigenvalue weighted by Gasteiger charge is -2.44. The van der Waals surface area contributed by atoms with Crippen LogP contribution >= 0.6 is 0 Å². The summed E-state index contributed by atoms with van der Waals surface area (Å²) in [6, 6.07) is 0. The predicted molar refractivity (Wildman–Crippen MR) is 73.4 cm³/mol. The van der Waals surface area contributed by atoms with E-state index in [0.717, 1.165) is 0 Å². The fourth-order valence-electron chi connectivity index (χ4n) is 3.12. The van der Waals surface area contributed by atoms with Crippen molar-refractivity contribution in [2.45, 2.75) is 39.7 Å². The quantitative estimate of drug-likeness (QED) is 0.786. The molecule has 0 aliphatic carbocycles. The molecule has 100 valence electrons. The molecular formula is C14H29N3. The summed E-state index contributed by atoms with van der Waals surface area (Å²) in [4.78, 5) is 5.27. The normalized spacial score (nSPS) is 33.2. The summed E-state index contributed by atoms with van der Waals surface area (Å²) >= 11 is 0. The van der Waals surface area contributed by atoms with E-state index in [0.29, 0.717) is 11.0 Å². The molecule has 0 aromatic heterocycles. The molecule has 0 aromatic carbocycles. The lowest BCUT2D eigenvalue weighted by atomic mass is 9.89. The van der Waals surface area contributed by atoms with Gasteiger partial charge in [0.1, 0.15) is 0 Å². The van der Waals surface area contributed by atoms with Gasteiger partial charge in [-0.15, -0.1) is 0 Å². The maximum atomic E-state index is 3.50. The van der Waals surface area contributed by atoms with Crippen molar-refractivity contribution >= 4 is 0 Å². The molecule has 0 spiro atoms. The smallest absolute Gasteiger partial charge is 0.0126 e. The number of hydrogen-bond donors (Lipinski definition) is 1. The third-order valence-corrected chi connectivity index (χ3v) is 4.38. The molecule has 17 heavy (non-hydrogen) atoms. The van der Waals surface area contributed by atoms with Crippen LogP contribution in [0, 0.1) is 5.41 Å². The highest BCUT2D eigenvalue weighted by Gasteiger charge is 2.33. The summed E-state index contributed by atoms with van der Waals surface area (Å²) in [7, 11) is 0. The Bertz CT molecular complexity index is 243. The zero-order valence-electron chi connectivity index (χ0n) is 12.1. The minimum Gasteiger partial charge on any atom is -0.316 e. The van der Waals surface area contributed by atoms with Gasteiger partial charge in [0.2, 0.25) is 0 Å². The Morgan fingerprint density at radius 1 is 1.12 bits per heavy atom. The van der Waals surface area contributed by atoms with Gasteiger partial charge in [-0.2, -0.15) is 0 Å². The maximum Gasteiger partial charge on any atom is 0.0126 e. The molecule has 0 bridgehead atoms. The largest absolute Gasteiger partial charge is 0.316 e. The summed E-state index contributed by atoms with van der Waals surface area (Å²) in [5.41, 5.74) is 0.856. The fraction of sp³-hybridized carbons (Fsp3) is 1.00. The topological polar surface area (TPSA) is 18.5 Å². The zero-order valence-corrected chi connectivity index (χ0v) is 12.1. The lowest BCUT2D eigenvalue weighted by Crippen LogP contribution is -2.55. The van der Waals surface area contributed by atoms with Crippen LogP contribution in [0.3, 0.4) is 0 Å². The molecule has 2 rings (SSSR count). The lowest BCUT2D eigenvalue weighted by molar-refractivity contribution is 0.0456. The average molecular weight is 239 g/mol. The van der Waals surface area contributed by atoms with E-state index in [2.05, 4.69) is 42.8 Å². The molecule has 1 unspecified atom stereocenters. The first kappa shape index (κ1) is 13.3. The van der Waals surface area contributed by atoms with Crippen LogP contribution in [0.15, 0.2) is 0 Å². The van der Waals surface area contributed by atoms with Gasteiger partial charge in [-0.25, -0.2) is 0 Å². The Kier molecular flexibility index (Phi) is 3.81. The third kappa shape index (κ3) is 3.43. The Morgan fingerprint density at radius 2 is 1.76 bits per heavy atom. The third-order valence-electron chi connectivity index (χ3n) is 4.38. The predicted octanol–water partition coefficient (Wildman–Crippen LogP) is 1.40. The molecule has 0 aromatic rings. The van der Waals surface area contributed by atoms with E-state index in [-0.39, 0.29) is 0 Å². The molecule has 1 atom stereocenters. The number of nitrogens with zero attached hydrogens (tertiary/aromatic N) is 2. The van der Waals surface area contributed by atoms with E-state index in [4.69, 9.17) is 0 Å². The summed E-state index contributed by atoms with van der Waals surface area (Å²) in [5.74, 6) is 0. The van der Waals surface area contributed by atoms with Gasteiger partial charge in [0.15, 0.2) is 0 Å². The minimum absolute atomic E-state index is 0.338. The highest BCUT2D eigenvalue weighted by atomic mass is 15.3. The van der Waals surface area contributed by atoms with Crippen LogP contribution in [0.2, 0.25) is 0 Å². The Labute approximate surface area is 107 Å². The number of hydrogen-bond acceptors (Lipinski definition) is 3. The molecule has 0 saturated carbocycles. The van der Waals surface area contributed by atoms with E-state index >= 15 is 0 Å². The van der Waals surface area contributed by atoms with Gasteiger partial charge >= 0.3 is 0 Å². The molecule has 3 nitrogen and oxygen atoms in total. The van der Waals surface area contributed by atoms with Gasteiger partial charge in [-0.3, -0.25) is 4.90 Å². The van der Waals surface area contributed by atoms with Crippen molar-refractivity contribution in [1.82, 2.24) is 15.1 Å². The van der Waals surface area contributed by atoms with Gasteiger partial charge in [0.25, 0.3) is 0 Å². The SMILES string of the molecule is CC1(CN2CCN(C(C)(C)C)CC2)CCNC1. The summed E-state index contributed by atoms with van der Waals surface area (Å²) in [6.07, 6.45) is 1.34. The molecule has 2 aliphatic heterocycles. The molecule has 2 heterocycles. The van der Waals surface area contributed by atoms with Crippen LogP contribution in [0.5, 0.6) is 0 Å². The van der Waals surface area contributed by atoms with Gasteiger partial charge < -0.3 is 10.2 Å². The highest BCUT2D eigenvalue weighted by Crippen LogP contribution is 2.26. The van der Waals surface area contributed by atoms with E-state index in [1.807, 2.05) is 0 Å². The Balaban J connectivity index is 1.79. The van der Waals surface area contributed by atoms with Crippen LogP contribution < -0.4 is 5.32 Å². The Hall–Kier alpha value is -0.120. The molecule has 2 fully saturated rings. The monoisotopic (exact) mass is 239 g/mol. The Morgan fingerprint density at radius 3 is 2.24 bits per heavy atom. The number of rotatable bonds is 2. The van der Waals surface area contributed by atoms with Gasteiger partial charge in [0.05, 0.1) is 0 Å². The first-order valence-corrected chi connectivity index (χ1v) is 7.07. The first-order chi connectivity index (χ1) is 7.89. The second kappa shape index (κ2) is 4.87. The standard InChI is InChI=1S/C14H29N3/c1-13(2,3)17-9-7-16(8-10-17)12-14(4)5-6-15-11-14/h15H,5-12H2,1-4H3. The molecule has 0 radical (unpaired) electrons. The van der Waals surface area contributed by atoms with Crippen molar-refractivity contribution in [2.75, 3.05) is 45.8 Å². The maximum absolute atomic E-state index is 3.50. The van der Waals surface area contributed by atoms with Crippen LogP contribution in [0.1, 0.15) is 34.1 Å². The summed E-state index contributed by atoms with van der Waals surface area (Å²) in [6.45, 7) is 18.0. The van der Waals surface area contributed by atoms with Crippen molar-refractivity contribution in [3.05, 3.63) is 0 Å². The van der Waals surface area contributed by atoms with E-state index in [1.54, 1.807) is 0 Å². The molecule has 3 heteroatoms. The van der Waals surface area contributed by atoms with Crippen molar-refractivity contribution < 1.29 is 0 Å². The van der Waals surface area contributed by atoms with Gasteiger partial charge in [-0.05, 0) is 39.2 Å². The average Bonchev–Trinajstić information content (AvgIpc) is 2.64. The van der Waals surface area contributed by atoms with Gasteiger partial charge in [0, 0.05) is 44.8 Å². The molecule has 2 aliphatic rings. The molecular weight excluding hydrogens is 210 g/mol. The van der Waals surface area contributed by atoms with Crippen molar-refractivity contribution in [2.24, 2.45) is 5.41 Å². The summed E-state index contributed by atoms with van der Waals surface area (Å²) < 4.78 is 0. The number of piperazine rings is 1. The van der Waals surface area contributed by atoms with Crippen LogP contribution in [0.25, 0.3) is 0 Å². The summed E-state index contributed by atoms with van der Waals surface area (Å²) in [5, 5.41) is 3.50. The first-order valence-electron chi connectivity index (χ1n) is 7.07. The van der Waals surface area contributed by atoms with Crippen molar-refractivity contribution in [3.63, 3.8) is 0 Å². The van der Waals surface area contributed by atoms with E-state index in [9.17, 15) is 0 Å². The minimum atomic E-state index is 0.338. The highest BCUT2D eigenvalue weighted by molar-refractivity contribution is 4.89. The molecule has 2 saturated heterocycles. The van der Waals surface area contributed by atoms with Crippen molar-refractivity contribution in [3.8, 4) is 0 Å². The van der Waals surface area contributed by atoms with Crippen molar-refractivity contribution in [1.29, 1.82) is 0 Å². The molecule has 0 amide bonds. The van der Waals surface area contributed by atoms with E-state index < -0.39 is 0 Å². The van der Waals surface area contributed by atoms with Gasteiger partial charge in [-0.1, -0.05) is 6.92 Å². The fourth-order valence-corrected chi connectivity index (χ4v) is 3.12. The van der Waals surface area contributed by atoms with E-state index in [1.165, 1.54) is 52.2 Å². The van der Waals surface area contributed by atoms with Crippen LogP contribution in [-0.4, -0.2) is 61.2 Å². The van der Waals surface area contributed by atoms with Crippen LogP contribution in [-0.2, 0) is 0 Å². The second-order valence-corrected chi connectivity index (χ2v) is 7.17.